The molecule has 5 heterocycles. The molecule has 2 amide bonds. The van der Waals surface area contributed by atoms with Gasteiger partial charge in [0.15, 0.2) is 0 Å². The van der Waals surface area contributed by atoms with Gasteiger partial charge in [-0.2, -0.15) is 0 Å². The molecule has 0 bridgehead atoms. The van der Waals surface area contributed by atoms with Crippen LogP contribution in [0.2, 0.25) is 30.4 Å². The van der Waals surface area contributed by atoms with Crippen LogP contribution in [0.3, 0.4) is 0 Å². The molecule has 5 aromatic heterocycles. The molecule has 27 heteroatoms. The van der Waals surface area contributed by atoms with Crippen LogP contribution in [0.25, 0.3) is 0 Å². The van der Waals surface area contributed by atoms with E-state index in [0.29, 0.717) is 53.4 Å². The number of nitrogens with two attached hydrogens (primary N) is 1. The first kappa shape index (κ1) is 104. The van der Waals surface area contributed by atoms with Crippen LogP contribution in [0.15, 0.2) is 228 Å². The number of aromatic nitrogens is 5. The summed E-state index contributed by atoms with van der Waals surface area (Å²) in [5.41, 5.74) is 33.5. The van der Waals surface area contributed by atoms with E-state index in [1.165, 1.54) is 71.0 Å². The molecule has 0 atom stereocenters. The number of nitrogen functional groups attached to an aromatic ring is 1. The standard InChI is InChI=1S/C25H27BrClN3O2.C25H28ClN3O2.C20H20ClN3.C14H15ClN2.C9H13N.C5H3Cl2N.CH4.BHNS/c1-15-11-16(2)23(17(3)12-15)29-21-13-22(28-14-20(21)26)30(24(31)32-25(4,5)6)19-9-7-18(27)8-10-19;1-16-13-17(2)23(18(3)14-16)28-20-11-12-27-22(15-20)29(24(30)31-25(4,5)6)21-9-7-19(26)8-10-21;1-13-10-14(2)20(15(3)11-13)24-18-8-9-22-19(12-18)23-17-6-4-16(21)5-7-17;1-9-6-10(2)14(11(3)7-9)17-12-4-5-16-13(15)8-12;1-6-4-7(2)9(10)8(3)5-6;6-4-1-2-8-5(7)3-4;;1-2-3/h7-14H,1-6H3,(H,28,29);7-15H,1-6H3,(H,27,28);4-12H,1-3H3,(H2,22,23,24);4-8H,1-3H3,(H,16,17);4-5H,10H2,1-3H3;1-3H;1H4;3H. The molecule has 18 nitrogen and oxygen atoms in total. The number of ether oxygens (including phenoxy) is 2. The van der Waals surface area contributed by atoms with E-state index in [-0.39, 0.29) is 7.43 Å². The molecule has 1 radical (unpaired) electrons. The summed E-state index contributed by atoms with van der Waals surface area (Å²) in [6.45, 7) is 42.3. The molecule has 8 aromatic carbocycles. The Labute approximate surface area is 789 Å². The van der Waals surface area contributed by atoms with Crippen LogP contribution >= 0.6 is 98.4 Å². The Balaban J connectivity index is 0.000000243. The molecule has 0 aliphatic rings. The third-order valence-corrected chi connectivity index (χ3v) is 20.2. The van der Waals surface area contributed by atoms with Gasteiger partial charge >= 0.3 is 36.9 Å². The predicted molar refractivity (Wildman–Crippen MR) is 543 cm³/mol. The number of thiol groups is 1. The monoisotopic (exact) mass is 1890 g/mol. The number of aryl methyl sites for hydroxylation is 15. The van der Waals surface area contributed by atoms with E-state index in [1.54, 1.807) is 91.6 Å². The third-order valence-electron chi connectivity index (χ3n) is 18.2. The van der Waals surface area contributed by atoms with Gasteiger partial charge in [0, 0.05) is 120 Å². The third kappa shape index (κ3) is 33.6. The first-order chi connectivity index (χ1) is 58.8. The molecule has 659 valence electrons. The summed E-state index contributed by atoms with van der Waals surface area (Å²) in [5, 5.41) is 20.6. The van der Waals surface area contributed by atoms with Crippen LogP contribution in [-0.2, 0) is 9.47 Å². The van der Waals surface area contributed by atoms with Gasteiger partial charge in [0.1, 0.15) is 39.0 Å². The van der Waals surface area contributed by atoms with Crippen molar-refractivity contribution in [1.29, 1.82) is 0 Å². The minimum absolute atomic E-state index is 0. The van der Waals surface area contributed by atoms with Crippen molar-refractivity contribution in [2.24, 2.45) is 4.30 Å². The summed E-state index contributed by atoms with van der Waals surface area (Å²) >= 11 is 41.6. The number of carbonyl (C=O) groups is 2. The van der Waals surface area contributed by atoms with Crippen LogP contribution in [0.4, 0.5) is 95.3 Å². The number of benzene rings is 8. The fraction of sp³-hybridized carbons (Fsp3) is 0.242. The number of nitrogens with one attached hydrogen (secondary N) is 5. The molecular weight excluding hydrogens is 1780 g/mol. The van der Waals surface area contributed by atoms with Crippen LogP contribution in [0.5, 0.6) is 0 Å². The van der Waals surface area contributed by atoms with Crippen LogP contribution in [0, 0.1) is 104 Å². The molecule has 0 spiro atoms. The van der Waals surface area contributed by atoms with Gasteiger partial charge in [-0.15, -0.1) is 0 Å². The molecule has 0 aliphatic heterocycles. The first-order valence-electron chi connectivity index (χ1n) is 39.7. The Morgan fingerprint density at radius 3 is 1.04 bits per heavy atom. The van der Waals surface area contributed by atoms with E-state index < -0.39 is 23.4 Å². The SMILES string of the molecule is C.Cc1cc(C)c(N)c(C)c1.Cc1cc(C)c(Nc2cc(N(C(=O)OC(C)(C)C)c3ccc(Cl)cc3)ncc2Br)c(C)c1.Cc1cc(C)c(Nc2ccnc(Cl)c2)c(C)c1.Cc1cc(C)c(Nc2ccnc(N(C(=O)OC(C)(C)C)c3ccc(Cl)cc3)c2)c(C)c1.Cc1cc(C)c(Nc2ccnc(Nc3ccc(Cl)cc3)c2)c(C)c1.Clc1ccnc(Cl)c1.[B]=NS. The molecule has 7 N–H and O–H groups in total. The van der Waals surface area contributed by atoms with Crippen molar-refractivity contribution in [3.8, 4) is 0 Å². The number of amides is 2. The Morgan fingerprint density at radius 2 is 0.690 bits per heavy atom. The van der Waals surface area contributed by atoms with E-state index in [2.05, 4.69) is 243 Å². The molecule has 0 fully saturated rings. The van der Waals surface area contributed by atoms with E-state index in [1.807, 2.05) is 122 Å². The number of anilines is 15. The van der Waals surface area contributed by atoms with Crippen molar-refractivity contribution < 1.29 is 19.1 Å². The summed E-state index contributed by atoms with van der Waals surface area (Å²) < 4.78 is 14.8. The molecule has 0 unspecified atom stereocenters. The predicted octanol–water partition coefficient (Wildman–Crippen LogP) is 31.7. The number of nitrogens with zero attached hydrogens (tertiary/aromatic N) is 8. The Hall–Kier alpha value is -10.7. The average molecular weight is 1900 g/mol. The molecule has 0 saturated heterocycles. The van der Waals surface area contributed by atoms with E-state index in [9.17, 15) is 9.59 Å². The van der Waals surface area contributed by atoms with Crippen molar-refractivity contribution in [3.05, 3.63) is 337 Å². The summed E-state index contributed by atoms with van der Waals surface area (Å²) in [6, 6.07) is 59.4. The summed E-state index contributed by atoms with van der Waals surface area (Å²) in [6.07, 6.45) is 7.35. The van der Waals surface area contributed by atoms with Crippen molar-refractivity contribution >= 4 is 204 Å². The van der Waals surface area contributed by atoms with Gasteiger partial charge in [-0.3, -0.25) is 0 Å². The fourth-order valence-corrected chi connectivity index (χ4v) is 14.4. The zero-order valence-electron chi connectivity index (χ0n) is 74.2. The molecule has 126 heavy (non-hydrogen) atoms. The Morgan fingerprint density at radius 1 is 0.381 bits per heavy atom. The van der Waals surface area contributed by atoms with Gasteiger partial charge in [0.2, 0.25) is 0 Å². The zero-order valence-corrected chi connectivity index (χ0v) is 81.3. The van der Waals surface area contributed by atoms with Gasteiger partial charge in [-0.05, 0) is 326 Å². The number of rotatable bonds is 14. The maximum absolute atomic E-state index is 13.1. The average Bonchev–Trinajstić information content (AvgIpc) is 0.798. The van der Waals surface area contributed by atoms with Crippen molar-refractivity contribution in [3.63, 3.8) is 0 Å². The molecular formula is C99H111BBrCl6N14O4S. The van der Waals surface area contributed by atoms with E-state index >= 15 is 0 Å². The summed E-state index contributed by atoms with van der Waals surface area (Å²) in [7, 11) is 4.34. The second-order valence-electron chi connectivity index (χ2n) is 31.8. The van der Waals surface area contributed by atoms with Gasteiger partial charge in [0.25, 0.3) is 0 Å². The number of hydrogen-bond donors (Lipinski definition) is 7. The van der Waals surface area contributed by atoms with E-state index in [0.717, 1.165) is 89.4 Å². The van der Waals surface area contributed by atoms with Crippen LogP contribution < -0.4 is 42.1 Å². The van der Waals surface area contributed by atoms with Gasteiger partial charge in [-0.1, -0.05) is 166 Å². The molecule has 13 aromatic rings. The second kappa shape index (κ2) is 48.8. The van der Waals surface area contributed by atoms with Gasteiger partial charge < -0.3 is 41.8 Å². The van der Waals surface area contributed by atoms with Crippen molar-refractivity contribution in [1.82, 2.24) is 24.9 Å². The van der Waals surface area contributed by atoms with Crippen LogP contribution in [0.1, 0.15) is 132 Å². The quantitative estimate of drug-likeness (QED) is 0.0233. The number of pyridine rings is 5. The van der Waals surface area contributed by atoms with Gasteiger partial charge in [0.05, 0.1) is 21.5 Å². The normalized spacial score (nSPS) is 10.5. The molecule has 13 rings (SSSR count). The minimum atomic E-state index is -0.658. The van der Waals surface area contributed by atoms with Crippen molar-refractivity contribution in [2.45, 2.75) is 164 Å². The first-order valence-corrected chi connectivity index (χ1v) is 43.2. The summed E-state index contributed by atoms with van der Waals surface area (Å²) in [5.74, 6) is 1.66. The van der Waals surface area contributed by atoms with Gasteiger partial charge in [-0.25, -0.2) is 44.3 Å². The Kier molecular flexibility index (Phi) is 40.3. The zero-order chi connectivity index (χ0) is 92.3. The summed E-state index contributed by atoms with van der Waals surface area (Å²) in [4.78, 5) is 50.1. The fourth-order valence-electron chi connectivity index (χ4n) is 13.1. The number of halogens is 7. The topological polar surface area (TPSA) is 222 Å². The Bertz CT molecular complexity index is 5730. The molecule has 0 aliphatic carbocycles. The number of hydrogen-bond acceptors (Lipinski definition) is 17. The van der Waals surface area contributed by atoms with Crippen LogP contribution in [-0.4, -0.2) is 55.9 Å². The van der Waals surface area contributed by atoms with E-state index in [4.69, 9.17) is 84.8 Å². The molecule has 0 saturated carbocycles. The van der Waals surface area contributed by atoms with Crippen molar-refractivity contribution in [2.75, 3.05) is 42.1 Å². The maximum atomic E-state index is 13.1. The number of carbonyl (C=O) groups excluding carboxylic acids is 2. The second-order valence-corrected chi connectivity index (χ2v) is 35.4.